The van der Waals surface area contributed by atoms with Gasteiger partial charge in [-0.05, 0) is 60.1 Å². The third-order valence-corrected chi connectivity index (χ3v) is 6.86. The van der Waals surface area contributed by atoms with Crippen LogP contribution in [-0.2, 0) is 9.59 Å². The zero-order valence-corrected chi connectivity index (χ0v) is 19.6. The minimum atomic E-state index is -4.63. The van der Waals surface area contributed by atoms with Crippen LogP contribution in [-0.4, -0.2) is 28.1 Å². The molecule has 3 aromatic rings. The van der Waals surface area contributed by atoms with Gasteiger partial charge in [-0.25, -0.2) is 0 Å². The van der Waals surface area contributed by atoms with E-state index in [2.05, 4.69) is 10.3 Å². The molecule has 0 radical (unpaired) electrons. The number of alkyl halides is 3. The van der Waals surface area contributed by atoms with Crippen LogP contribution in [0.15, 0.2) is 54.7 Å². The van der Waals surface area contributed by atoms with Crippen LogP contribution < -0.4 is 5.32 Å². The van der Waals surface area contributed by atoms with Gasteiger partial charge >= 0.3 is 12.1 Å². The molecule has 0 saturated heterocycles. The number of aromatic nitrogens is 1. The lowest BCUT2D eigenvalue weighted by Crippen LogP contribution is -2.34. The highest BCUT2D eigenvalue weighted by Crippen LogP contribution is 2.46. The number of nitrogens with one attached hydrogen (secondary N) is 1. The summed E-state index contributed by atoms with van der Waals surface area (Å²) in [5, 5.41) is 12.6. The maximum absolute atomic E-state index is 13.8. The molecule has 0 bridgehead atoms. The van der Waals surface area contributed by atoms with E-state index in [-0.39, 0.29) is 34.5 Å². The Bertz CT molecular complexity index is 1260. The molecule has 0 aliphatic heterocycles. The summed E-state index contributed by atoms with van der Waals surface area (Å²) in [5.74, 6) is -5.39. The maximum Gasteiger partial charge on any atom is 0.392 e. The third kappa shape index (κ3) is 5.75. The van der Waals surface area contributed by atoms with Gasteiger partial charge in [0.05, 0.1) is 34.5 Å². The first-order chi connectivity index (χ1) is 16.5. The summed E-state index contributed by atoms with van der Waals surface area (Å²) in [7, 11) is 0. The molecule has 1 aromatic heterocycles. The predicted molar refractivity (Wildman–Crippen MR) is 128 cm³/mol. The van der Waals surface area contributed by atoms with Crippen LogP contribution in [0.4, 0.5) is 18.9 Å². The first kappa shape index (κ1) is 25.0. The van der Waals surface area contributed by atoms with Gasteiger partial charge in [0, 0.05) is 11.6 Å². The maximum atomic E-state index is 13.8. The van der Waals surface area contributed by atoms with Crippen LogP contribution in [0, 0.1) is 11.8 Å². The number of benzene rings is 2. The molecule has 1 saturated carbocycles. The molecule has 35 heavy (non-hydrogen) atoms. The number of carboxylic acids is 1. The number of carboxylic acid groups (broad SMARTS) is 1. The smallest absolute Gasteiger partial charge is 0.392 e. The SMILES string of the molecule is CC(C(C(=O)Nc1cc(C(CC(=O)O)C2CC2)ccc1Cl)c1cnc2ccccc2c1)C(F)(F)F. The highest BCUT2D eigenvalue weighted by Gasteiger charge is 2.45. The number of hydrogen-bond acceptors (Lipinski definition) is 3. The molecule has 0 spiro atoms. The lowest BCUT2D eigenvalue weighted by molar-refractivity contribution is -0.178. The second-order valence-electron chi connectivity index (χ2n) is 9.04. The topological polar surface area (TPSA) is 79.3 Å². The number of nitrogens with zero attached hydrogens (tertiary/aromatic N) is 1. The minimum Gasteiger partial charge on any atom is -0.481 e. The number of fused-ring (bicyclic) bond motifs is 1. The monoisotopic (exact) mass is 504 g/mol. The van der Waals surface area contributed by atoms with E-state index >= 15 is 0 Å². The molecule has 2 N–H and O–H groups in total. The van der Waals surface area contributed by atoms with Crippen molar-refractivity contribution >= 4 is 40.1 Å². The fourth-order valence-electron chi connectivity index (χ4n) is 4.44. The van der Waals surface area contributed by atoms with Crippen molar-refractivity contribution in [1.29, 1.82) is 0 Å². The van der Waals surface area contributed by atoms with E-state index in [1.807, 2.05) is 0 Å². The highest BCUT2D eigenvalue weighted by atomic mass is 35.5. The first-order valence-corrected chi connectivity index (χ1v) is 11.7. The second-order valence-corrected chi connectivity index (χ2v) is 9.45. The van der Waals surface area contributed by atoms with Crippen molar-refractivity contribution in [3.05, 3.63) is 70.9 Å². The van der Waals surface area contributed by atoms with E-state index in [9.17, 15) is 27.9 Å². The normalized spacial score (nSPS) is 16.5. The highest BCUT2D eigenvalue weighted by molar-refractivity contribution is 6.33. The number of hydrogen-bond donors (Lipinski definition) is 2. The van der Waals surface area contributed by atoms with Crippen LogP contribution in [0.2, 0.25) is 5.02 Å². The molecule has 1 fully saturated rings. The summed E-state index contributed by atoms with van der Waals surface area (Å²) in [6, 6.07) is 13.3. The van der Waals surface area contributed by atoms with Crippen molar-refractivity contribution in [2.75, 3.05) is 5.32 Å². The number of pyridine rings is 1. The van der Waals surface area contributed by atoms with Gasteiger partial charge < -0.3 is 10.4 Å². The number of carbonyl (C=O) groups is 2. The van der Waals surface area contributed by atoms with E-state index in [0.717, 1.165) is 19.8 Å². The second kappa shape index (κ2) is 9.85. The van der Waals surface area contributed by atoms with Crippen molar-refractivity contribution in [3.8, 4) is 0 Å². The molecule has 5 nitrogen and oxygen atoms in total. The molecule has 9 heteroatoms. The molecule has 2 aromatic carbocycles. The number of para-hydroxylation sites is 1. The number of rotatable bonds is 8. The molecule has 1 aliphatic rings. The van der Waals surface area contributed by atoms with E-state index in [1.54, 1.807) is 42.5 Å². The Balaban J connectivity index is 1.68. The zero-order valence-electron chi connectivity index (χ0n) is 18.8. The quantitative estimate of drug-likeness (QED) is 0.354. The number of aliphatic carboxylic acids is 1. The zero-order chi connectivity index (χ0) is 25.3. The number of carbonyl (C=O) groups excluding carboxylic acids is 1. The Morgan fingerprint density at radius 2 is 1.86 bits per heavy atom. The fraction of sp³-hybridized carbons (Fsp3) is 0.346. The molecule has 1 aliphatic carbocycles. The molecule has 184 valence electrons. The summed E-state index contributed by atoms with van der Waals surface area (Å²) in [6.07, 6.45) is -1.60. The third-order valence-electron chi connectivity index (χ3n) is 6.53. The summed E-state index contributed by atoms with van der Waals surface area (Å²) < 4.78 is 41.3. The van der Waals surface area contributed by atoms with Gasteiger partial charge in [0.25, 0.3) is 0 Å². The van der Waals surface area contributed by atoms with E-state index < -0.39 is 29.9 Å². The standard InChI is InChI=1S/C26H24ClF3N2O3/c1-14(26(28,29)30)24(18-10-17-4-2-3-5-21(17)31-13-18)25(35)32-22-11-16(8-9-20(22)27)19(12-23(33)34)15-6-7-15/h2-5,8-11,13-15,19,24H,6-7,12H2,1H3,(H,32,35)(H,33,34). The molecule has 1 amide bonds. The van der Waals surface area contributed by atoms with Gasteiger partial charge in [-0.2, -0.15) is 13.2 Å². The number of amides is 1. The number of anilines is 1. The van der Waals surface area contributed by atoms with E-state index in [1.165, 1.54) is 12.3 Å². The van der Waals surface area contributed by atoms with Crippen molar-refractivity contribution in [1.82, 2.24) is 4.98 Å². The van der Waals surface area contributed by atoms with Crippen molar-refractivity contribution < 1.29 is 27.9 Å². The van der Waals surface area contributed by atoms with Gasteiger partial charge in [0.1, 0.15) is 0 Å². The van der Waals surface area contributed by atoms with Crippen LogP contribution in [0.25, 0.3) is 10.9 Å². The Morgan fingerprint density at radius 3 is 2.51 bits per heavy atom. The predicted octanol–water partition coefficient (Wildman–Crippen LogP) is 6.78. The Labute approximate surface area is 205 Å². The van der Waals surface area contributed by atoms with E-state index in [0.29, 0.717) is 16.5 Å². The van der Waals surface area contributed by atoms with Gasteiger partial charge in [-0.1, -0.05) is 42.8 Å². The molecule has 1 heterocycles. The molecule has 3 atom stereocenters. The van der Waals surface area contributed by atoms with Gasteiger partial charge in [0.2, 0.25) is 5.91 Å². The van der Waals surface area contributed by atoms with E-state index in [4.69, 9.17) is 11.6 Å². The Kier molecular flexibility index (Phi) is 7.03. The molecule has 4 rings (SSSR count). The summed E-state index contributed by atoms with van der Waals surface area (Å²) in [5.41, 5.74) is 1.58. The first-order valence-electron chi connectivity index (χ1n) is 11.3. The summed E-state index contributed by atoms with van der Waals surface area (Å²) in [4.78, 5) is 28.9. The number of halogens is 4. The Hall–Kier alpha value is -3.13. The molecule has 3 unspecified atom stereocenters. The average Bonchev–Trinajstić information content (AvgIpc) is 3.64. The Morgan fingerprint density at radius 1 is 1.14 bits per heavy atom. The van der Waals surface area contributed by atoms with Crippen molar-refractivity contribution in [3.63, 3.8) is 0 Å². The van der Waals surface area contributed by atoms with Gasteiger partial charge in [0.15, 0.2) is 0 Å². The minimum absolute atomic E-state index is 0.0732. The van der Waals surface area contributed by atoms with Crippen LogP contribution in [0.1, 0.15) is 49.1 Å². The summed E-state index contributed by atoms with van der Waals surface area (Å²) >= 11 is 6.28. The van der Waals surface area contributed by atoms with Gasteiger partial charge in [-0.15, -0.1) is 0 Å². The lowest BCUT2D eigenvalue weighted by Gasteiger charge is -2.26. The van der Waals surface area contributed by atoms with Crippen LogP contribution in [0.3, 0.4) is 0 Å². The van der Waals surface area contributed by atoms with Crippen LogP contribution >= 0.6 is 11.6 Å². The summed E-state index contributed by atoms with van der Waals surface area (Å²) in [6.45, 7) is 0.966. The average molecular weight is 505 g/mol. The lowest BCUT2D eigenvalue weighted by atomic mass is 9.86. The molecular formula is C26H24ClF3N2O3. The van der Waals surface area contributed by atoms with Crippen LogP contribution in [0.5, 0.6) is 0 Å². The van der Waals surface area contributed by atoms with Gasteiger partial charge in [-0.3, -0.25) is 14.6 Å². The fourth-order valence-corrected chi connectivity index (χ4v) is 4.60. The molecular weight excluding hydrogens is 481 g/mol. The van der Waals surface area contributed by atoms with Crippen molar-refractivity contribution in [2.24, 2.45) is 11.8 Å². The van der Waals surface area contributed by atoms with Crippen molar-refractivity contribution in [2.45, 2.75) is 44.2 Å². The largest absolute Gasteiger partial charge is 0.481 e.